The fourth-order valence-corrected chi connectivity index (χ4v) is 1.94. The minimum Gasteiger partial charge on any atom is -0.352 e. The molecule has 4 heteroatoms. The molecule has 0 amide bonds. The van der Waals surface area contributed by atoms with Gasteiger partial charge in [0, 0.05) is 17.1 Å². The van der Waals surface area contributed by atoms with Crippen LogP contribution < -0.4 is 0 Å². The van der Waals surface area contributed by atoms with Crippen molar-refractivity contribution in [2.45, 2.75) is 39.0 Å². The average molecular weight is 299 g/mol. The van der Waals surface area contributed by atoms with Crippen molar-refractivity contribution < 1.29 is 4.74 Å². The standard InChI is InChI=1S/C13H19BrN2O/c1-12(2,3)15-16-13(4,17-5)10-8-6-7-9-11(10)14/h6-9H,1-5H3. The predicted molar refractivity (Wildman–Crippen MR) is 73.1 cm³/mol. The third-order valence-corrected chi connectivity index (χ3v) is 3.00. The Morgan fingerprint density at radius 1 is 1.06 bits per heavy atom. The summed E-state index contributed by atoms with van der Waals surface area (Å²) in [5.74, 6) is 0. The summed E-state index contributed by atoms with van der Waals surface area (Å²) in [6.45, 7) is 7.92. The number of rotatable bonds is 3. The van der Waals surface area contributed by atoms with E-state index in [-0.39, 0.29) is 5.54 Å². The molecule has 0 fully saturated rings. The van der Waals surface area contributed by atoms with E-state index in [1.54, 1.807) is 7.11 Å². The second-order valence-electron chi connectivity index (χ2n) is 5.04. The first kappa shape index (κ1) is 14.3. The van der Waals surface area contributed by atoms with E-state index < -0.39 is 5.72 Å². The van der Waals surface area contributed by atoms with Gasteiger partial charge in [0.25, 0.3) is 0 Å². The van der Waals surface area contributed by atoms with Gasteiger partial charge in [0.15, 0.2) is 0 Å². The summed E-state index contributed by atoms with van der Waals surface area (Å²) in [4.78, 5) is 0. The molecule has 1 aromatic rings. The van der Waals surface area contributed by atoms with Crippen molar-refractivity contribution in [3.05, 3.63) is 34.3 Å². The topological polar surface area (TPSA) is 34.0 Å². The SMILES string of the molecule is COC(C)(N=NC(C)(C)C)c1ccccc1Br. The van der Waals surface area contributed by atoms with Gasteiger partial charge in [-0.2, -0.15) is 10.2 Å². The zero-order valence-electron chi connectivity index (χ0n) is 11.0. The summed E-state index contributed by atoms with van der Waals surface area (Å²) in [5.41, 5.74) is 0.00419. The van der Waals surface area contributed by atoms with Crippen molar-refractivity contribution in [1.82, 2.24) is 0 Å². The van der Waals surface area contributed by atoms with E-state index in [4.69, 9.17) is 4.74 Å². The normalized spacial score (nSPS) is 16.1. The maximum atomic E-state index is 5.51. The number of hydrogen-bond acceptors (Lipinski definition) is 3. The van der Waals surface area contributed by atoms with Crippen LogP contribution >= 0.6 is 15.9 Å². The Morgan fingerprint density at radius 3 is 2.12 bits per heavy atom. The molecule has 1 atom stereocenters. The molecule has 0 aliphatic carbocycles. The third-order valence-electron chi connectivity index (χ3n) is 2.31. The monoisotopic (exact) mass is 298 g/mol. The highest BCUT2D eigenvalue weighted by molar-refractivity contribution is 9.10. The lowest BCUT2D eigenvalue weighted by Crippen LogP contribution is -2.23. The molecular formula is C13H19BrN2O. The lowest BCUT2D eigenvalue weighted by molar-refractivity contribution is 0.000571. The minimum absolute atomic E-state index is 0.207. The molecule has 3 nitrogen and oxygen atoms in total. The number of hydrogen-bond donors (Lipinski definition) is 0. The highest BCUT2D eigenvalue weighted by Crippen LogP contribution is 2.33. The van der Waals surface area contributed by atoms with E-state index in [0.717, 1.165) is 10.0 Å². The van der Waals surface area contributed by atoms with E-state index in [2.05, 4.69) is 26.2 Å². The molecule has 0 spiro atoms. The van der Waals surface area contributed by atoms with Gasteiger partial charge in [-0.25, -0.2) is 0 Å². The van der Waals surface area contributed by atoms with Gasteiger partial charge in [0.05, 0.1) is 5.54 Å². The molecule has 94 valence electrons. The van der Waals surface area contributed by atoms with Crippen molar-refractivity contribution in [3.8, 4) is 0 Å². The van der Waals surface area contributed by atoms with Gasteiger partial charge in [-0.15, -0.1) is 0 Å². The number of ether oxygens (including phenoxy) is 1. The zero-order chi connectivity index (χ0) is 13.1. The number of halogens is 1. The predicted octanol–water partition coefficient (Wildman–Crippen LogP) is 4.52. The van der Waals surface area contributed by atoms with Crippen LogP contribution in [0.5, 0.6) is 0 Å². The second kappa shape index (κ2) is 5.27. The Balaban J connectivity index is 3.13. The second-order valence-corrected chi connectivity index (χ2v) is 5.89. The quantitative estimate of drug-likeness (QED) is 0.756. The summed E-state index contributed by atoms with van der Waals surface area (Å²) in [5, 5.41) is 8.65. The first-order valence-electron chi connectivity index (χ1n) is 5.53. The fraction of sp³-hybridized carbons (Fsp3) is 0.538. The van der Waals surface area contributed by atoms with Crippen LogP contribution in [0, 0.1) is 0 Å². The van der Waals surface area contributed by atoms with Crippen LogP contribution in [0.2, 0.25) is 0 Å². The van der Waals surface area contributed by atoms with Crippen molar-refractivity contribution in [2.24, 2.45) is 10.2 Å². The van der Waals surface area contributed by atoms with Crippen molar-refractivity contribution in [2.75, 3.05) is 7.11 Å². The smallest absolute Gasteiger partial charge is 0.202 e. The van der Waals surface area contributed by atoms with E-state index in [0.29, 0.717) is 0 Å². The van der Waals surface area contributed by atoms with Crippen molar-refractivity contribution in [3.63, 3.8) is 0 Å². The first-order valence-corrected chi connectivity index (χ1v) is 6.32. The van der Waals surface area contributed by atoms with E-state index in [9.17, 15) is 0 Å². The lowest BCUT2D eigenvalue weighted by Gasteiger charge is -2.25. The third kappa shape index (κ3) is 3.89. The highest BCUT2D eigenvalue weighted by atomic mass is 79.9. The lowest BCUT2D eigenvalue weighted by atomic mass is 10.1. The largest absolute Gasteiger partial charge is 0.352 e. The molecule has 0 saturated carbocycles. The number of nitrogens with zero attached hydrogens (tertiary/aromatic N) is 2. The van der Waals surface area contributed by atoms with Crippen LogP contribution in [-0.2, 0) is 10.5 Å². The Kier molecular flexibility index (Phi) is 4.44. The number of methoxy groups -OCH3 is 1. The summed E-state index contributed by atoms with van der Waals surface area (Å²) in [6.07, 6.45) is 0. The van der Waals surface area contributed by atoms with Crippen LogP contribution in [0.25, 0.3) is 0 Å². The number of benzene rings is 1. The summed E-state index contributed by atoms with van der Waals surface area (Å²) >= 11 is 3.51. The summed E-state index contributed by atoms with van der Waals surface area (Å²) < 4.78 is 6.48. The van der Waals surface area contributed by atoms with Gasteiger partial charge in [0.1, 0.15) is 0 Å². The molecular weight excluding hydrogens is 280 g/mol. The summed E-state index contributed by atoms with van der Waals surface area (Å²) in [6, 6.07) is 7.88. The molecule has 0 aromatic heterocycles. The van der Waals surface area contributed by atoms with Gasteiger partial charge in [-0.1, -0.05) is 34.1 Å². The maximum Gasteiger partial charge on any atom is 0.202 e. The molecule has 0 heterocycles. The summed E-state index contributed by atoms with van der Waals surface area (Å²) in [7, 11) is 1.64. The molecule has 1 unspecified atom stereocenters. The van der Waals surface area contributed by atoms with Crippen molar-refractivity contribution >= 4 is 15.9 Å². The Hall–Kier alpha value is -0.740. The van der Waals surface area contributed by atoms with Crippen LogP contribution in [0.4, 0.5) is 0 Å². The van der Waals surface area contributed by atoms with E-state index >= 15 is 0 Å². The Morgan fingerprint density at radius 2 is 1.65 bits per heavy atom. The van der Waals surface area contributed by atoms with Gasteiger partial charge in [-0.05, 0) is 33.8 Å². The molecule has 0 N–H and O–H groups in total. The van der Waals surface area contributed by atoms with Crippen LogP contribution in [0.3, 0.4) is 0 Å². The molecule has 1 aromatic carbocycles. The maximum absolute atomic E-state index is 5.51. The van der Waals surface area contributed by atoms with Crippen molar-refractivity contribution in [1.29, 1.82) is 0 Å². The molecule has 17 heavy (non-hydrogen) atoms. The average Bonchev–Trinajstić information content (AvgIpc) is 2.26. The van der Waals surface area contributed by atoms with Crippen LogP contribution in [-0.4, -0.2) is 12.6 Å². The molecule has 0 radical (unpaired) electrons. The Labute approximate surface area is 111 Å². The van der Waals surface area contributed by atoms with Gasteiger partial charge >= 0.3 is 0 Å². The van der Waals surface area contributed by atoms with Crippen LogP contribution in [0.15, 0.2) is 39.0 Å². The highest BCUT2D eigenvalue weighted by Gasteiger charge is 2.28. The Bertz CT molecular complexity index is 412. The fourth-order valence-electron chi connectivity index (χ4n) is 1.29. The molecule has 0 bridgehead atoms. The molecule has 0 aliphatic rings. The molecule has 0 saturated heterocycles. The zero-order valence-corrected chi connectivity index (χ0v) is 12.6. The molecule has 0 aliphatic heterocycles. The minimum atomic E-state index is -0.757. The van der Waals surface area contributed by atoms with Gasteiger partial charge < -0.3 is 4.74 Å². The van der Waals surface area contributed by atoms with E-state index in [1.165, 1.54) is 0 Å². The van der Waals surface area contributed by atoms with Gasteiger partial charge in [-0.3, -0.25) is 0 Å². The first-order chi connectivity index (χ1) is 7.78. The van der Waals surface area contributed by atoms with E-state index in [1.807, 2.05) is 52.0 Å². The molecule has 1 rings (SSSR count). The number of azo groups is 1. The van der Waals surface area contributed by atoms with Crippen LogP contribution in [0.1, 0.15) is 33.3 Å². The van der Waals surface area contributed by atoms with Gasteiger partial charge in [0.2, 0.25) is 5.72 Å².